The average Bonchev–Trinajstić information content (AvgIpc) is 3.22. The molecule has 152 valence electrons. The highest BCUT2D eigenvalue weighted by atomic mass is 16.5. The van der Waals surface area contributed by atoms with E-state index in [0.29, 0.717) is 17.3 Å². The first-order valence-electron chi connectivity index (χ1n) is 10.2. The van der Waals surface area contributed by atoms with Crippen molar-refractivity contribution in [2.45, 2.75) is 58.4 Å². The Labute approximate surface area is 172 Å². The van der Waals surface area contributed by atoms with Crippen molar-refractivity contribution in [3.8, 4) is 11.4 Å². The first-order valence-corrected chi connectivity index (χ1v) is 10.2. The third-order valence-corrected chi connectivity index (χ3v) is 4.87. The van der Waals surface area contributed by atoms with Crippen LogP contribution in [0.1, 0.15) is 74.8 Å². The molecule has 0 radical (unpaired) electrons. The van der Waals surface area contributed by atoms with Gasteiger partial charge in [-0.3, -0.25) is 4.79 Å². The van der Waals surface area contributed by atoms with Crippen LogP contribution in [0.25, 0.3) is 11.4 Å². The van der Waals surface area contributed by atoms with Gasteiger partial charge in [0.1, 0.15) is 6.29 Å². The molecule has 3 aromatic rings. The predicted molar refractivity (Wildman–Crippen MR) is 116 cm³/mol. The molecule has 2 aromatic carbocycles. The summed E-state index contributed by atoms with van der Waals surface area (Å²) in [5, 5.41) is 7.73. The highest BCUT2D eigenvalue weighted by Crippen LogP contribution is 2.28. The van der Waals surface area contributed by atoms with Crippen LogP contribution in [0, 0.1) is 0 Å². The summed E-state index contributed by atoms with van der Waals surface area (Å²) in [5.74, 6) is 1.25. The van der Waals surface area contributed by atoms with Crippen LogP contribution < -0.4 is 5.32 Å². The van der Waals surface area contributed by atoms with Crippen LogP contribution in [-0.2, 0) is 5.41 Å². The van der Waals surface area contributed by atoms with Crippen LogP contribution in [0.15, 0.2) is 53.1 Å². The van der Waals surface area contributed by atoms with E-state index in [1.165, 1.54) is 5.56 Å². The van der Waals surface area contributed by atoms with Gasteiger partial charge in [-0.1, -0.05) is 70.0 Å². The number of rotatable bonds is 8. The van der Waals surface area contributed by atoms with Crippen LogP contribution in [0.4, 0.5) is 5.69 Å². The minimum Gasteiger partial charge on any atom is -0.378 e. The summed E-state index contributed by atoms with van der Waals surface area (Å²) in [4.78, 5) is 15.4. The fraction of sp³-hybridized carbons (Fsp3) is 0.375. The van der Waals surface area contributed by atoms with E-state index in [9.17, 15) is 4.79 Å². The van der Waals surface area contributed by atoms with Crippen LogP contribution in [0.3, 0.4) is 0 Å². The van der Waals surface area contributed by atoms with E-state index in [2.05, 4.69) is 55.3 Å². The smallest absolute Gasteiger partial charge is 0.232 e. The molecule has 0 saturated heterocycles. The maximum absolute atomic E-state index is 10.9. The third kappa shape index (κ3) is 5.31. The van der Waals surface area contributed by atoms with Crippen molar-refractivity contribution < 1.29 is 9.32 Å². The monoisotopic (exact) mass is 391 g/mol. The molecule has 0 aliphatic rings. The summed E-state index contributed by atoms with van der Waals surface area (Å²) in [6.45, 7) is 8.36. The third-order valence-electron chi connectivity index (χ3n) is 4.87. The zero-order chi connectivity index (χ0) is 20.9. The molecule has 5 heteroatoms. The molecule has 29 heavy (non-hydrogen) atoms. The molecule has 5 nitrogen and oxygen atoms in total. The van der Waals surface area contributed by atoms with E-state index < -0.39 is 0 Å². The van der Waals surface area contributed by atoms with Gasteiger partial charge in [-0.2, -0.15) is 4.98 Å². The van der Waals surface area contributed by atoms with Crippen molar-refractivity contribution in [3.05, 3.63) is 65.5 Å². The maximum Gasteiger partial charge on any atom is 0.232 e. The van der Waals surface area contributed by atoms with Crippen molar-refractivity contribution >= 4 is 12.0 Å². The van der Waals surface area contributed by atoms with Crippen molar-refractivity contribution in [1.82, 2.24) is 10.1 Å². The summed E-state index contributed by atoms with van der Waals surface area (Å²) >= 11 is 0. The number of nitrogens with zero attached hydrogens (tertiary/aromatic N) is 2. The van der Waals surface area contributed by atoms with Gasteiger partial charge in [0, 0.05) is 22.2 Å². The van der Waals surface area contributed by atoms with Crippen LogP contribution >= 0.6 is 0 Å². The van der Waals surface area contributed by atoms with Gasteiger partial charge in [-0.05, 0) is 36.2 Å². The number of hydrogen-bond donors (Lipinski definition) is 1. The van der Waals surface area contributed by atoms with Gasteiger partial charge in [-0.25, -0.2) is 0 Å². The second-order valence-electron chi connectivity index (χ2n) is 8.37. The van der Waals surface area contributed by atoms with Crippen LogP contribution in [-0.4, -0.2) is 16.4 Å². The van der Waals surface area contributed by atoms with Crippen LogP contribution in [0.5, 0.6) is 0 Å². The first-order chi connectivity index (χ1) is 13.9. The molecule has 0 aliphatic heterocycles. The van der Waals surface area contributed by atoms with Crippen molar-refractivity contribution in [3.63, 3.8) is 0 Å². The number of carbonyl (C=O) groups is 1. The predicted octanol–water partition coefficient (Wildman–Crippen LogP) is 6.19. The summed E-state index contributed by atoms with van der Waals surface area (Å²) in [7, 11) is 0. The molecule has 0 saturated carbocycles. The number of aldehydes is 1. The number of carbonyl (C=O) groups excluding carboxylic acids is 1. The van der Waals surface area contributed by atoms with Gasteiger partial charge >= 0.3 is 0 Å². The Hall–Kier alpha value is -2.95. The van der Waals surface area contributed by atoms with E-state index in [1.54, 1.807) is 0 Å². The quantitative estimate of drug-likeness (QED) is 0.464. The number of anilines is 1. The molecule has 1 aromatic heterocycles. The largest absolute Gasteiger partial charge is 0.378 e. The standard InChI is InChI=1S/C24H29N3O2/c1-5-6-7-21(25-20-14-8-17(16-28)9-15-20)18-10-12-19(13-11-18)22-26-23(29-27-22)24(2,3)4/h8-16,21,25H,5-7H2,1-4H3. The van der Waals surface area contributed by atoms with E-state index in [1.807, 2.05) is 36.4 Å². The van der Waals surface area contributed by atoms with E-state index >= 15 is 0 Å². The normalized spacial score (nSPS) is 12.6. The molecular weight excluding hydrogens is 362 g/mol. The van der Waals surface area contributed by atoms with Gasteiger partial charge in [0.15, 0.2) is 0 Å². The Kier molecular flexibility index (Phi) is 6.47. The summed E-state index contributed by atoms with van der Waals surface area (Å²) < 4.78 is 5.41. The van der Waals surface area contributed by atoms with Crippen molar-refractivity contribution in [2.75, 3.05) is 5.32 Å². The lowest BCUT2D eigenvalue weighted by Crippen LogP contribution is -2.11. The second kappa shape index (κ2) is 9.03. The molecule has 0 fully saturated rings. The zero-order valence-electron chi connectivity index (χ0n) is 17.6. The molecule has 0 aliphatic carbocycles. The van der Waals surface area contributed by atoms with Crippen molar-refractivity contribution in [2.24, 2.45) is 0 Å². The lowest BCUT2D eigenvalue weighted by Gasteiger charge is -2.20. The minimum absolute atomic E-state index is 0.167. The molecule has 3 rings (SSSR count). The number of aromatic nitrogens is 2. The Morgan fingerprint density at radius 3 is 2.31 bits per heavy atom. The Morgan fingerprint density at radius 1 is 1.07 bits per heavy atom. The fourth-order valence-electron chi connectivity index (χ4n) is 3.10. The second-order valence-corrected chi connectivity index (χ2v) is 8.37. The lowest BCUT2D eigenvalue weighted by atomic mass is 9.97. The summed E-state index contributed by atoms with van der Waals surface area (Å²) in [5.41, 5.74) is 3.67. The summed E-state index contributed by atoms with van der Waals surface area (Å²) in [6, 6.07) is 16.1. The Morgan fingerprint density at radius 2 is 1.76 bits per heavy atom. The SMILES string of the molecule is CCCCC(Nc1ccc(C=O)cc1)c1ccc(-c2noc(C(C)(C)C)n2)cc1. The zero-order valence-corrected chi connectivity index (χ0v) is 17.6. The number of unbranched alkanes of at least 4 members (excludes halogenated alkanes) is 1. The van der Waals surface area contributed by atoms with E-state index in [4.69, 9.17) is 4.52 Å². The van der Waals surface area contributed by atoms with Gasteiger partial charge in [0.2, 0.25) is 11.7 Å². The highest BCUT2D eigenvalue weighted by Gasteiger charge is 2.22. The van der Waals surface area contributed by atoms with Gasteiger partial charge in [-0.15, -0.1) is 0 Å². The molecule has 1 unspecified atom stereocenters. The van der Waals surface area contributed by atoms with E-state index in [0.717, 1.165) is 36.8 Å². The van der Waals surface area contributed by atoms with Gasteiger partial charge in [0.05, 0.1) is 6.04 Å². The average molecular weight is 392 g/mol. The van der Waals surface area contributed by atoms with Crippen molar-refractivity contribution in [1.29, 1.82) is 0 Å². The Bertz CT molecular complexity index is 922. The first kappa shape index (κ1) is 20.8. The van der Waals surface area contributed by atoms with Crippen LogP contribution in [0.2, 0.25) is 0 Å². The van der Waals surface area contributed by atoms with Gasteiger partial charge < -0.3 is 9.84 Å². The fourth-order valence-corrected chi connectivity index (χ4v) is 3.10. The molecule has 1 N–H and O–H groups in total. The topological polar surface area (TPSA) is 68.0 Å². The highest BCUT2D eigenvalue weighted by molar-refractivity contribution is 5.75. The van der Waals surface area contributed by atoms with E-state index in [-0.39, 0.29) is 11.5 Å². The minimum atomic E-state index is -0.167. The number of nitrogens with one attached hydrogen (secondary N) is 1. The van der Waals surface area contributed by atoms with Gasteiger partial charge in [0.25, 0.3) is 0 Å². The molecule has 1 heterocycles. The molecule has 0 spiro atoms. The maximum atomic E-state index is 10.9. The number of hydrogen-bond acceptors (Lipinski definition) is 5. The number of benzene rings is 2. The molecule has 0 bridgehead atoms. The summed E-state index contributed by atoms with van der Waals surface area (Å²) in [6.07, 6.45) is 4.16. The molecule has 1 atom stereocenters. The molecular formula is C24H29N3O2. The lowest BCUT2D eigenvalue weighted by molar-refractivity contribution is 0.112. The Balaban J connectivity index is 1.79. The molecule has 0 amide bonds.